The van der Waals surface area contributed by atoms with Crippen molar-refractivity contribution in [1.82, 2.24) is 15.0 Å². The average molecular weight is 249 g/mol. The Labute approximate surface area is 101 Å². The van der Waals surface area contributed by atoms with Crippen molar-refractivity contribution in [2.24, 2.45) is 0 Å². The van der Waals surface area contributed by atoms with E-state index in [-0.39, 0.29) is 0 Å². The summed E-state index contributed by atoms with van der Waals surface area (Å²) in [7, 11) is 0. The number of hydrogen-bond donors (Lipinski definition) is 0. The molecule has 0 spiro atoms. The second-order valence-corrected chi connectivity index (χ2v) is 5.68. The van der Waals surface area contributed by atoms with E-state index in [0.29, 0.717) is 0 Å². The lowest BCUT2D eigenvalue weighted by atomic mass is 10.4. The zero-order valence-corrected chi connectivity index (χ0v) is 10.8. The minimum absolute atomic E-state index is 0.975. The average Bonchev–Trinajstić information content (AvgIpc) is 2.86. The molecule has 82 valence electrons. The predicted molar refractivity (Wildman–Crippen MR) is 69.3 cm³/mol. The van der Waals surface area contributed by atoms with Crippen molar-refractivity contribution in [2.75, 3.05) is 0 Å². The van der Waals surface area contributed by atoms with Gasteiger partial charge in [-0.05, 0) is 18.9 Å². The molecule has 3 nitrogen and oxygen atoms in total. The molecule has 3 aromatic rings. The topological polar surface area (TPSA) is 38.7 Å². The van der Waals surface area contributed by atoms with Crippen LogP contribution in [0.3, 0.4) is 0 Å². The smallest absolute Gasteiger partial charge is 0.145 e. The van der Waals surface area contributed by atoms with Gasteiger partial charge in [-0.25, -0.2) is 15.0 Å². The second kappa shape index (κ2) is 3.75. The Kier molecular flexibility index (Phi) is 2.37. The van der Waals surface area contributed by atoms with E-state index in [1.165, 1.54) is 0 Å². The third-order valence-corrected chi connectivity index (χ3v) is 4.66. The fourth-order valence-corrected chi connectivity index (χ4v) is 3.38. The van der Waals surface area contributed by atoms with Crippen molar-refractivity contribution in [3.8, 4) is 0 Å². The lowest BCUT2D eigenvalue weighted by Gasteiger charge is -1.86. The van der Waals surface area contributed by atoms with Gasteiger partial charge in [-0.3, -0.25) is 0 Å². The van der Waals surface area contributed by atoms with Gasteiger partial charge in [-0.1, -0.05) is 36.5 Å². The summed E-state index contributed by atoms with van der Waals surface area (Å²) in [5, 5.41) is 2.30. The highest BCUT2D eigenvalue weighted by atomic mass is 32.1. The van der Waals surface area contributed by atoms with Gasteiger partial charge in [-0.2, -0.15) is 0 Å². The van der Waals surface area contributed by atoms with Crippen LogP contribution < -0.4 is 0 Å². The molecule has 0 radical (unpaired) electrons. The largest absolute Gasteiger partial charge is 0.239 e. The summed E-state index contributed by atoms with van der Waals surface area (Å²) in [6.45, 7) is 4.24. The van der Waals surface area contributed by atoms with E-state index in [9.17, 15) is 0 Å². The van der Waals surface area contributed by atoms with Gasteiger partial charge in [0, 0.05) is 0 Å². The number of fused-ring (bicyclic) bond motifs is 2. The second-order valence-electron chi connectivity index (χ2n) is 3.56. The molecule has 3 heterocycles. The molecule has 3 aromatic heterocycles. The first kappa shape index (κ1) is 10.1. The number of rotatable bonds is 2. The Balaban J connectivity index is 2.28. The summed E-state index contributed by atoms with van der Waals surface area (Å²) in [5.74, 6) is 0. The van der Waals surface area contributed by atoms with Crippen LogP contribution in [0.15, 0.2) is 6.07 Å². The molecule has 0 saturated heterocycles. The Morgan fingerprint density at radius 1 is 0.875 bits per heavy atom. The number of aromatic nitrogens is 3. The first-order valence-electron chi connectivity index (χ1n) is 5.36. The van der Waals surface area contributed by atoms with Crippen LogP contribution in [0.5, 0.6) is 0 Å². The van der Waals surface area contributed by atoms with Crippen LogP contribution in [-0.2, 0) is 12.8 Å². The van der Waals surface area contributed by atoms with Gasteiger partial charge >= 0.3 is 0 Å². The molecule has 0 bridgehead atoms. The molecule has 0 saturated carbocycles. The molecule has 0 amide bonds. The maximum Gasteiger partial charge on any atom is 0.145 e. The van der Waals surface area contributed by atoms with Crippen LogP contribution in [0, 0.1) is 0 Å². The molecule has 16 heavy (non-hydrogen) atoms. The summed E-state index contributed by atoms with van der Waals surface area (Å²) in [6.07, 6.45) is 1.95. The molecule has 0 unspecified atom stereocenters. The summed E-state index contributed by atoms with van der Waals surface area (Å²) in [6, 6.07) is 2.06. The van der Waals surface area contributed by atoms with Gasteiger partial charge in [0.15, 0.2) is 0 Å². The SMILES string of the molecule is CCc1nc2cc3nc(CC)sc3nc2s1. The van der Waals surface area contributed by atoms with E-state index in [1.807, 2.05) is 0 Å². The van der Waals surface area contributed by atoms with Gasteiger partial charge < -0.3 is 0 Å². The lowest BCUT2D eigenvalue weighted by molar-refractivity contribution is 1.10. The molecular weight excluding hydrogens is 238 g/mol. The number of pyridine rings is 1. The quantitative estimate of drug-likeness (QED) is 0.698. The fraction of sp³-hybridized carbons (Fsp3) is 0.364. The highest BCUT2D eigenvalue weighted by Gasteiger charge is 2.09. The molecular formula is C11H11N3S2. The van der Waals surface area contributed by atoms with E-state index in [1.54, 1.807) is 22.7 Å². The van der Waals surface area contributed by atoms with Crippen LogP contribution in [0.2, 0.25) is 0 Å². The van der Waals surface area contributed by atoms with Gasteiger partial charge in [0.25, 0.3) is 0 Å². The van der Waals surface area contributed by atoms with Gasteiger partial charge in [-0.15, -0.1) is 0 Å². The maximum atomic E-state index is 4.63. The number of hydrogen-bond acceptors (Lipinski definition) is 5. The van der Waals surface area contributed by atoms with Crippen LogP contribution in [0.4, 0.5) is 0 Å². The normalized spacial score (nSPS) is 11.6. The van der Waals surface area contributed by atoms with Crippen LogP contribution >= 0.6 is 22.7 Å². The highest BCUT2D eigenvalue weighted by molar-refractivity contribution is 7.19. The van der Waals surface area contributed by atoms with Crippen molar-refractivity contribution in [3.63, 3.8) is 0 Å². The molecule has 0 aromatic carbocycles. The fourth-order valence-electron chi connectivity index (χ4n) is 1.61. The molecule has 0 aliphatic heterocycles. The number of thiazole rings is 2. The molecule has 5 heteroatoms. The third kappa shape index (κ3) is 1.51. The minimum Gasteiger partial charge on any atom is -0.239 e. The third-order valence-electron chi connectivity index (χ3n) is 2.44. The maximum absolute atomic E-state index is 4.63. The van der Waals surface area contributed by atoms with Crippen LogP contribution in [0.25, 0.3) is 20.7 Å². The molecule has 0 aliphatic carbocycles. The Morgan fingerprint density at radius 2 is 1.38 bits per heavy atom. The summed E-state index contributed by atoms with van der Waals surface area (Å²) in [4.78, 5) is 15.8. The van der Waals surface area contributed by atoms with Crippen LogP contribution in [0.1, 0.15) is 23.9 Å². The van der Waals surface area contributed by atoms with E-state index < -0.39 is 0 Å². The molecule has 0 atom stereocenters. The molecule has 3 rings (SSSR count). The highest BCUT2D eigenvalue weighted by Crippen LogP contribution is 2.27. The Hall–Kier alpha value is -1.07. The zero-order chi connectivity index (χ0) is 11.1. The van der Waals surface area contributed by atoms with E-state index >= 15 is 0 Å². The number of nitrogens with zero attached hydrogens (tertiary/aromatic N) is 3. The van der Waals surface area contributed by atoms with Crippen molar-refractivity contribution >= 4 is 43.4 Å². The summed E-state index contributed by atoms with van der Waals surface area (Å²) >= 11 is 3.37. The minimum atomic E-state index is 0.975. The first-order chi connectivity index (χ1) is 7.80. The first-order valence-corrected chi connectivity index (χ1v) is 6.99. The molecule has 0 N–H and O–H groups in total. The van der Waals surface area contributed by atoms with E-state index in [0.717, 1.165) is 43.6 Å². The van der Waals surface area contributed by atoms with E-state index in [4.69, 9.17) is 0 Å². The monoisotopic (exact) mass is 249 g/mol. The van der Waals surface area contributed by atoms with Crippen molar-refractivity contribution in [1.29, 1.82) is 0 Å². The standard InChI is InChI=1S/C11H11N3S2/c1-3-8-12-6-5-7-11(14-10(6)15-8)16-9(4-2)13-7/h5H,3-4H2,1-2H3. The lowest BCUT2D eigenvalue weighted by Crippen LogP contribution is -1.77. The van der Waals surface area contributed by atoms with Crippen molar-refractivity contribution < 1.29 is 0 Å². The Bertz CT molecular complexity index is 549. The molecule has 0 fully saturated rings. The van der Waals surface area contributed by atoms with Crippen molar-refractivity contribution in [3.05, 3.63) is 16.1 Å². The van der Waals surface area contributed by atoms with Gasteiger partial charge in [0.05, 0.1) is 10.0 Å². The molecule has 0 aliphatic rings. The summed E-state index contributed by atoms with van der Waals surface area (Å²) in [5.41, 5.74) is 1.98. The predicted octanol–water partition coefficient (Wildman–Crippen LogP) is 3.43. The van der Waals surface area contributed by atoms with Crippen LogP contribution in [-0.4, -0.2) is 15.0 Å². The number of aryl methyl sites for hydroxylation is 2. The van der Waals surface area contributed by atoms with E-state index in [2.05, 4.69) is 34.9 Å². The van der Waals surface area contributed by atoms with Gasteiger partial charge in [0.2, 0.25) is 0 Å². The zero-order valence-electron chi connectivity index (χ0n) is 9.15. The van der Waals surface area contributed by atoms with Crippen molar-refractivity contribution in [2.45, 2.75) is 26.7 Å². The summed E-state index contributed by atoms with van der Waals surface area (Å²) < 4.78 is 0. The van der Waals surface area contributed by atoms with Gasteiger partial charge in [0.1, 0.15) is 20.7 Å². The Morgan fingerprint density at radius 3 is 1.81 bits per heavy atom.